The summed E-state index contributed by atoms with van der Waals surface area (Å²) in [5, 5.41) is 8.89. The predicted molar refractivity (Wildman–Crippen MR) is 72.5 cm³/mol. The van der Waals surface area contributed by atoms with Crippen LogP contribution in [0.5, 0.6) is 0 Å². The molecule has 0 spiro atoms. The molecule has 0 aromatic carbocycles. The molecule has 1 fully saturated rings. The first kappa shape index (κ1) is 14.0. The van der Waals surface area contributed by atoms with Crippen LogP contribution < -0.4 is 10.6 Å². The number of ether oxygens (including phenoxy) is 1. The number of nitrogens with zero attached hydrogens (tertiary/aromatic N) is 3. The van der Waals surface area contributed by atoms with Gasteiger partial charge in [0.05, 0.1) is 0 Å². The highest BCUT2D eigenvalue weighted by Gasteiger charge is 2.28. The molecule has 114 valence electrons. The molecule has 1 aliphatic rings. The summed E-state index contributed by atoms with van der Waals surface area (Å²) in [6.45, 7) is 0.351. The van der Waals surface area contributed by atoms with E-state index in [0.29, 0.717) is 30.4 Å². The molecule has 0 unspecified atom stereocenters. The molecule has 1 saturated heterocycles. The van der Waals surface area contributed by atoms with Crippen LogP contribution in [-0.4, -0.2) is 46.3 Å². The van der Waals surface area contributed by atoms with E-state index >= 15 is 0 Å². The monoisotopic (exact) mass is 303 g/mol. The Balaban J connectivity index is 1.49. The van der Waals surface area contributed by atoms with Crippen molar-refractivity contribution in [3.63, 3.8) is 0 Å². The van der Waals surface area contributed by atoms with E-state index < -0.39 is 12.1 Å². The van der Waals surface area contributed by atoms with Gasteiger partial charge in [-0.25, -0.2) is 4.79 Å². The van der Waals surface area contributed by atoms with Gasteiger partial charge in [0.15, 0.2) is 0 Å². The summed E-state index contributed by atoms with van der Waals surface area (Å²) in [5.74, 6) is 0.487. The van der Waals surface area contributed by atoms with E-state index in [1.807, 2.05) is 6.07 Å². The van der Waals surface area contributed by atoms with Gasteiger partial charge in [-0.2, -0.15) is 4.98 Å². The Hall–Kier alpha value is -2.97. The van der Waals surface area contributed by atoms with Crippen LogP contribution in [0.25, 0.3) is 11.5 Å². The van der Waals surface area contributed by atoms with Crippen LogP contribution in [0.3, 0.4) is 0 Å². The molecular formula is C13H13N5O4. The van der Waals surface area contributed by atoms with E-state index in [4.69, 9.17) is 4.52 Å². The fourth-order valence-electron chi connectivity index (χ4n) is 1.90. The number of carbonyl (C=O) groups excluding carboxylic acids is 2. The van der Waals surface area contributed by atoms with Gasteiger partial charge in [-0.15, -0.1) is 0 Å². The highest BCUT2D eigenvalue weighted by atomic mass is 16.6. The summed E-state index contributed by atoms with van der Waals surface area (Å²) in [7, 11) is 0. The zero-order valence-corrected chi connectivity index (χ0v) is 11.5. The van der Waals surface area contributed by atoms with Crippen LogP contribution in [0.15, 0.2) is 28.9 Å². The van der Waals surface area contributed by atoms with E-state index in [9.17, 15) is 9.59 Å². The first-order chi connectivity index (χ1) is 10.7. The maximum Gasteiger partial charge on any atom is 0.407 e. The quantitative estimate of drug-likeness (QED) is 0.791. The standard InChI is InChI=1S/C13H13N5O4/c19-12(9-7-21-13(20)16-9)15-6-4-10-17-11(18-22-10)8-3-1-2-5-14-8/h1-3,5,9H,4,6-7H2,(H,15,19)(H,16,20)/t9-/m0/s1. The minimum atomic E-state index is -0.653. The first-order valence-electron chi connectivity index (χ1n) is 6.67. The van der Waals surface area contributed by atoms with Crippen LogP contribution in [0, 0.1) is 0 Å². The van der Waals surface area contributed by atoms with Gasteiger partial charge in [0.2, 0.25) is 17.6 Å². The van der Waals surface area contributed by atoms with Crippen LogP contribution in [-0.2, 0) is 16.0 Å². The molecule has 22 heavy (non-hydrogen) atoms. The van der Waals surface area contributed by atoms with Crippen molar-refractivity contribution >= 4 is 12.0 Å². The number of amides is 2. The van der Waals surface area contributed by atoms with Crippen LogP contribution in [0.4, 0.5) is 4.79 Å². The zero-order valence-electron chi connectivity index (χ0n) is 11.5. The zero-order chi connectivity index (χ0) is 15.4. The van der Waals surface area contributed by atoms with E-state index in [1.165, 1.54) is 0 Å². The lowest BCUT2D eigenvalue weighted by molar-refractivity contribution is -0.122. The number of nitrogens with one attached hydrogen (secondary N) is 2. The molecule has 2 aromatic heterocycles. The normalized spacial score (nSPS) is 16.9. The van der Waals surface area contributed by atoms with Gasteiger partial charge in [-0.3, -0.25) is 9.78 Å². The minimum absolute atomic E-state index is 0.0368. The molecule has 1 atom stereocenters. The van der Waals surface area contributed by atoms with Gasteiger partial charge in [0, 0.05) is 19.2 Å². The van der Waals surface area contributed by atoms with Gasteiger partial charge in [-0.05, 0) is 12.1 Å². The van der Waals surface area contributed by atoms with Gasteiger partial charge in [0.1, 0.15) is 18.3 Å². The van der Waals surface area contributed by atoms with E-state index in [2.05, 4.69) is 30.5 Å². The molecule has 1 aliphatic heterocycles. The molecule has 0 radical (unpaired) electrons. The Morgan fingerprint density at radius 2 is 2.36 bits per heavy atom. The lowest BCUT2D eigenvalue weighted by atomic mass is 10.3. The minimum Gasteiger partial charge on any atom is -0.447 e. The van der Waals surface area contributed by atoms with Gasteiger partial charge >= 0.3 is 6.09 Å². The Morgan fingerprint density at radius 3 is 3.09 bits per heavy atom. The highest BCUT2D eigenvalue weighted by molar-refractivity contribution is 5.87. The summed E-state index contributed by atoms with van der Waals surface area (Å²) in [6.07, 6.45) is 1.44. The summed E-state index contributed by atoms with van der Waals surface area (Å²) in [6, 6.07) is 4.75. The third-order valence-electron chi connectivity index (χ3n) is 2.99. The number of alkyl carbamates (subject to hydrolysis) is 1. The second-order valence-corrected chi connectivity index (χ2v) is 4.56. The lowest BCUT2D eigenvalue weighted by Gasteiger charge is -2.07. The molecule has 2 N–H and O–H groups in total. The van der Waals surface area contributed by atoms with Crippen molar-refractivity contribution in [2.75, 3.05) is 13.2 Å². The molecule has 0 aliphatic carbocycles. The van der Waals surface area contributed by atoms with Crippen molar-refractivity contribution in [2.45, 2.75) is 12.5 Å². The highest BCUT2D eigenvalue weighted by Crippen LogP contribution is 2.11. The van der Waals surface area contributed by atoms with Gasteiger partial charge in [-0.1, -0.05) is 11.2 Å². The topological polar surface area (TPSA) is 119 Å². The third kappa shape index (κ3) is 3.19. The number of hydrogen-bond acceptors (Lipinski definition) is 7. The number of hydrogen-bond donors (Lipinski definition) is 2. The second kappa shape index (κ2) is 6.20. The second-order valence-electron chi connectivity index (χ2n) is 4.56. The Morgan fingerprint density at radius 1 is 1.45 bits per heavy atom. The maximum absolute atomic E-state index is 11.7. The number of aromatic nitrogens is 3. The SMILES string of the molecule is O=C1N[C@H](C(=O)NCCc2nc(-c3ccccn3)no2)CO1. The van der Waals surface area contributed by atoms with Crippen molar-refractivity contribution in [3.05, 3.63) is 30.3 Å². The average molecular weight is 303 g/mol. The fourth-order valence-corrected chi connectivity index (χ4v) is 1.90. The molecule has 0 bridgehead atoms. The smallest absolute Gasteiger partial charge is 0.407 e. The van der Waals surface area contributed by atoms with Crippen LogP contribution >= 0.6 is 0 Å². The average Bonchev–Trinajstić information content (AvgIpc) is 3.17. The summed E-state index contributed by atoms with van der Waals surface area (Å²) < 4.78 is 9.74. The largest absolute Gasteiger partial charge is 0.447 e. The maximum atomic E-state index is 11.7. The van der Waals surface area contributed by atoms with Crippen LogP contribution in [0.1, 0.15) is 5.89 Å². The molecule has 2 amide bonds. The number of cyclic esters (lactones) is 1. The van der Waals surface area contributed by atoms with E-state index in [0.717, 1.165) is 0 Å². The van der Waals surface area contributed by atoms with Crippen molar-refractivity contribution < 1.29 is 18.8 Å². The molecular weight excluding hydrogens is 290 g/mol. The third-order valence-corrected chi connectivity index (χ3v) is 2.99. The molecule has 3 rings (SSSR count). The summed E-state index contributed by atoms with van der Waals surface area (Å²) in [5.41, 5.74) is 0.618. The number of rotatable bonds is 5. The predicted octanol–water partition coefficient (Wildman–Crippen LogP) is -0.101. The van der Waals surface area contributed by atoms with Gasteiger partial charge in [0.25, 0.3) is 0 Å². The number of pyridine rings is 1. The van der Waals surface area contributed by atoms with Crippen LogP contribution in [0.2, 0.25) is 0 Å². The lowest BCUT2D eigenvalue weighted by Crippen LogP contribution is -2.43. The van der Waals surface area contributed by atoms with Crippen molar-refractivity contribution in [1.82, 2.24) is 25.8 Å². The summed E-state index contributed by atoms with van der Waals surface area (Å²) in [4.78, 5) is 30.9. The molecule has 2 aromatic rings. The van der Waals surface area contributed by atoms with Gasteiger partial charge < -0.3 is 19.9 Å². The Bertz CT molecular complexity index is 672. The summed E-state index contributed by atoms with van der Waals surface area (Å²) >= 11 is 0. The number of carbonyl (C=O) groups is 2. The molecule has 0 saturated carbocycles. The van der Waals surface area contributed by atoms with E-state index in [-0.39, 0.29) is 12.5 Å². The van der Waals surface area contributed by atoms with Crippen molar-refractivity contribution in [3.8, 4) is 11.5 Å². The molecule has 3 heterocycles. The Kier molecular flexibility index (Phi) is 3.95. The molecule has 9 heteroatoms. The van der Waals surface area contributed by atoms with Crippen molar-refractivity contribution in [1.29, 1.82) is 0 Å². The Labute approximate surface area is 125 Å². The van der Waals surface area contributed by atoms with E-state index in [1.54, 1.807) is 18.3 Å². The fraction of sp³-hybridized carbons (Fsp3) is 0.308. The molecule has 9 nitrogen and oxygen atoms in total. The first-order valence-corrected chi connectivity index (χ1v) is 6.67. The van der Waals surface area contributed by atoms with Crippen molar-refractivity contribution in [2.24, 2.45) is 0 Å².